The number of aldehydes is 1. The van der Waals surface area contributed by atoms with Crippen molar-refractivity contribution in [2.45, 2.75) is 13.8 Å². The lowest BCUT2D eigenvalue weighted by Gasteiger charge is -2.05. The highest BCUT2D eigenvalue weighted by Gasteiger charge is 2.06. The number of aromatic nitrogens is 1. The highest BCUT2D eigenvalue weighted by atomic mass is 19.1. The van der Waals surface area contributed by atoms with E-state index in [-0.39, 0.29) is 5.56 Å². The predicted molar refractivity (Wildman–Crippen MR) is 64.5 cm³/mol. The van der Waals surface area contributed by atoms with Crippen LogP contribution in [0.3, 0.4) is 0 Å². The van der Waals surface area contributed by atoms with Crippen molar-refractivity contribution in [2.75, 3.05) is 0 Å². The van der Waals surface area contributed by atoms with Gasteiger partial charge in [-0.15, -0.1) is 0 Å². The second-order valence-corrected chi connectivity index (χ2v) is 4.09. The Morgan fingerprint density at radius 3 is 2.35 bits per heavy atom. The van der Waals surface area contributed by atoms with Gasteiger partial charge in [-0.05, 0) is 32.0 Å². The number of hydrogen-bond donors (Lipinski definition) is 0. The zero-order valence-electron chi connectivity index (χ0n) is 9.70. The molecule has 17 heavy (non-hydrogen) atoms. The smallest absolute Gasteiger partial charge is 0.153 e. The van der Waals surface area contributed by atoms with Crippen LogP contribution in [-0.2, 0) is 0 Å². The van der Waals surface area contributed by atoms with Crippen molar-refractivity contribution in [3.8, 4) is 11.3 Å². The molecule has 0 bridgehead atoms. The quantitative estimate of drug-likeness (QED) is 0.739. The van der Waals surface area contributed by atoms with E-state index < -0.39 is 5.82 Å². The first-order valence-corrected chi connectivity index (χ1v) is 5.29. The maximum absolute atomic E-state index is 13.2. The van der Waals surface area contributed by atoms with Gasteiger partial charge in [0.15, 0.2) is 12.1 Å². The van der Waals surface area contributed by atoms with E-state index in [0.717, 1.165) is 22.9 Å². The molecule has 3 heteroatoms. The average Bonchev–Trinajstić information content (AvgIpc) is 2.28. The first-order chi connectivity index (χ1) is 8.10. The van der Waals surface area contributed by atoms with Gasteiger partial charge in [-0.2, -0.15) is 0 Å². The predicted octanol–water partition coefficient (Wildman–Crippen LogP) is 3.32. The van der Waals surface area contributed by atoms with Gasteiger partial charge in [0, 0.05) is 5.56 Å². The molecule has 2 nitrogen and oxygen atoms in total. The van der Waals surface area contributed by atoms with E-state index in [1.165, 1.54) is 6.07 Å². The SMILES string of the molecule is Cc1cc(C)cc(-c2cc(C=O)c(F)cn2)c1. The van der Waals surface area contributed by atoms with E-state index in [1.54, 1.807) is 0 Å². The van der Waals surface area contributed by atoms with E-state index in [2.05, 4.69) is 4.98 Å². The molecule has 2 rings (SSSR count). The van der Waals surface area contributed by atoms with Crippen LogP contribution in [0.5, 0.6) is 0 Å². The van der Waals surface area contributed by atoms with Crippen LogP contribution in [0.4, 0.5) is 4.39 Å². The molecular formula is C14H12FNO. The summed E-state index contributed by atoms with van der Waals surface area (Å²) in [5.74, 6) is -0.590. The second-order valence-electron chi connectivity index (χ2n) is 4.09. The lowest BCUT2D eigenvalue weighted by atomic mass is 10.0. The van der Waals surface area contributed by atoms with Crippen LogP contribution in [0.25, 0.3) is 11.3 Å². The van der Waals surface area contributed by atoms with Crippen molar-refractivity contribution >= 4 is 6.29 Å². The minimum atomic E-state index is -0.590. The third kappa shape index (κ3) is 2.38. The number of halogens is 1. The fourth-order valence-electron chi connectivity index (χ4n) is 1.83. The summed E-state index contributed by atoms with van der Waals surface area (Å²) >= 11 is 0. The van der Waals surface area contributed by atoms with Gasteiger partial charge in [0.2, 0.25) is 0 Å². The van der Waals surface area contributed by atoms with E-state index >= 15 is 0 Å². The first kappa shape index (κ1) is 11.5. The maximum Gasteiger partial charge on any atom is 0.153 e. The third-order valence-electron chi connectivity index (χ3n) is 2.53. The molecule has 86 valence electrons. The summed E-state index contributed by atoms with van der Waals surface area (Å²) in [5, 5.41) is 0. The molecule has 0 saturated heterocycles. The molecule has 0 amide bonds. The molecule has 0 radical (unpaired) electrons. The number of pyridine rings is 1. The molecule has 1 aromatic heterocycles. The minimum Gasteiger partial charge on any atom is -0.298 e. The van der Waals surface area contributed by atoms with Gasteiger partial charge in [0.25, 0.3) is 0 Å². The molecular weight excluding hydrogens is 217 g/mol. The normalized spacial score (nSPS) is 10.3. The van der Waals surface area contributed by atoms with Crippen molar-refractivity contribution in [1.82, 2.24) is 4.98 Å². The molecule has 0 fully saturated rings. The standard InChI is InChI=1S/C14H12FNO/c1-9-3-10(2)5-11(4-9)14-6-12(8-17)13(15)7-16-14/h3-8H,1-2H3. The van der Waals surface area contributed by atoms with Gasteiger partial charge < -0.3 is 0 Å². The summed E-state index contributed by atoms with van der Waals surface area (Å²) in [4.78, 5) is 14.7. The molecule has 0 atom stereocenters. The zero-order valence-corrected chi connectivity index (χ0v) is 9.70. The summed E-state index contributed by atoms with van der Waals surface area (Å²) in [5.41, 5.74) is 3.76. The monoisotopic (exact) mass is 229 g/mol. The number of nitrogens with zero attached hydrogens (tertiary/aromatic N) is 1. The van der Waals surface area contributed by atoms with E-state index in [4.69, 9.17) is 0 Å². The Balaban J connectivity index is 2.56. The summed E-state index contributed by atoms with van der Waals surface area (Å²) in [6, 6.07) is 7.44. The van der Waals surface area contributed by atoms with Crippen molar-refractivity contribution in [3.63, 3.8) is 0 Å². The molecule has 0 saturated carbocycles. The Bertz CT molecular complexity index is 558. The highest BCUT2D eigenvalue weighted by Crippen LogP contribution is 2.21. The number of benzene rings is 1. The number of carbonyl (C=O) groups excluding carboxylic acids is 1. The fraction of sp³-hybridized carbons (Fsp3) is 0.143. The molecule has 0 spiro atoms. The Labute approximate surface area is 99.1 Å². The Morgan fingerprint density at radius 1 is 1.12 bits per heavy atom. The molecule has 2 aromatic rings. The van der Waals surface area contributed by atoms with Crippen molar-refractivity contribution in [3.05, 3.63) is 53.0 Å². The fourth-order valence-corrected chi connectivity index (χ4v) is 1.83. The molecule has 0 N–H and O–H groups in total. The van der Waals surface area contributed by atoms with Crippen molar-refractivity contribution in [2.24, 2.45) is 0 Å². The Kier molecular flexibility index (Phi) is 3.00. The van der Waals surface area contributed by atoms with Crippen LogP contribution < -0.4 is 0 Å². The van der Waals surface area contributed by atoms with Crippen LogP contribution >= 0.6 is 0 Å². The van der Waals surface area contributed by atoms with Gasteiger partial charge in [-0.1, -0.05) is 17.2 Å². The van der Waals surface area contributed by atoms with Gasteiger partial charge in [-0.3, -0.25) is 9.78 Å². The van der Waals surface area contributed by atoms with E-state index in [1.807, 2.05) is 32.0 Å². The molecule has 0 aliphatic carbocycles. The number of rotatable bonds is 2. The molecule has 0 aliphatic heterocycles. The van der Waals surface area contributed by atoms with E-state index in [9.17, 15) is 9.18 Å². The molecule has 0 unspecified atom stereocenters. The topological polar surface area (TPSA) is 30.0 Å². The largest absolute Gasteiger partial charge is 0.298 e. The van der Waals surface area contributed by atoms with Crippen LogP contribution in [0, 0.1) is 19.7 Å². The van der Waals surface area contributed by atoms with Crippen molar-refractivity contribution in [1.29, 1.82) is 0 Å². The van der Waals surface area contributed by atoms with Gasteiger partial charge in [-0.25, -0.2) is 4.39 Å². The van der Waals surface area contributed by atoms with Crippen molar-refractivity contribution < 1.29 is 9.18 Å². The summed E-state index contributed by atoms with van der Waals surface area (Å²) in [6.45, 7) is 3.97. The Hall–Kier alpha value is -2.03. The lowest BCUT2D eigenvalue weighted by molar-refractivity contribution is 0.111. The van der Waals surface area contributed by atoms with Crippen LogP contribution in [-0.4, -0.2) is 11.3 Å². The van der Waals surface area contributed by atoms with Gasteiger partial charge in [0.05, 0.1) is 17.5 Å². The van der Waals surface area contributed by atoms with Crippen LogP contribution in [0.15, 0.2) is 30.5 Å². The number of aryl methyl sites for hydroxylation is 2. The van der Waals surface area contributed by atoms with Crippen LogP contribution in [0.1, 0.15) is 21.5 Å². The summed E-state index contributed by atoms with van der Waals surface area (Å²) in [6.07, 6.45) is 1.58. The second kappa shape index (κ2) is 4.45. The first-order valence-electron chi connectivity index (χ1n) is 5.29. The molecule has 0 aliphatic rings. The lowest BCUT2D eigenvalue weighted by Crippen LogP contribution is -1.93. The zero-order chi connectivity index (χ0) is 12.4. The molecule has 1 heterocycles. The van der Waals surface area contributed by atoms with Gasteiger partial charge >= 0.3 is 0 Å². The molecule has 1 aromatic carbocycles. The highest BCUT2D eigenvalue weighted by molar-refractivity contribution is 5.78. The summed E-state index contributed by atoms with van der Waals surface area (Å²) in [7, 11) is 0. The Morgan fingerprint density at radius 2 is 1.76 bits per heavy atom. The van der Waals surface area contributed by atoms with Crippen LogP contribution in [0.2, 0.25) is 0 Å². The van der Waals surface area contributed by atoms with E-state index in [0.29, 0.717) is 12.0 Å². The average molecular weight is 229 g/mol. The third-order valence-corrected chi connectivity index (χ3v) is 2.53. The minimum absolute atomic E-state index is 0.0363. The maximum atomic E-state index is 13.2. The van der Waals surface area contributed by atoms with Gasteiger partial charge in [0.1, 0.15) is 0 Å². The number of hydrogen-bond acceptors (Lipinski definition) is 2. The number of carbonyl (C=O) groups is 1. The summed E-state index contributed by atoms with van der Waals surface area (Å²) < 4.78 is 13.2.